The largest absolute Gasteiger partial charge is 0.497 e. The maximum atomic E-state index is 12.5. The van der Waals surface area contributed by atoms with Crippen LogP contribution in [-0.4, -0.2) is 29.9 Å². The summed E-state index contributed by atoms with van der Waals surface area (Å²) in [4.78, 5) is 30.0. The van der Waals surface area contributed by atoms with Crippen molar-refractivity contribution < 1.29 is 19.6 Å². The third-order valence-corrected chi connectivity index (χ3v) is 3.87. The van der Waals surface area contributed by atoms with Crippen molar-refractivity contribution in [3.05, 3.63) is 54.4 Å². The van der Waals surface area contributed by atoms with E-state index in [1.54, 1.807) is 43.8 Å². The highest BCUT2D eigenvalue weighted by Gasteiger charge is 2.42. The average Bonchev–Trinajstić information content (AvgIpc) is 2.88. The maximum Gasteiger partial charge on any atom is 0.292 e. The van der Waals surface area contributed by atoms with Crippen LogP contribution in [0.25, 0.3) is 0 Å². The first-order chi connectivity index (χ1) is 11.2. The average molecular weight is 312 g/mol. The molecule has 2 aromatic rings. The number of rotatable bonds is 5. The molecule has 2 amide bonds. The summed E-state index contributed by atoms with van der Waals surface area (Å²) in [6.45, 7) is 0.619. The summed E-state index contributed by atoms with van der Waals surface area (Å²) in [5, 5.41) is 1.89. The number of pyridine rings is 1. The fourth-order valence-electron chi connectivity index (χ4n) is 2.64. The number of carbonyl (C=O) groups is 2. The van der Waals surface area contributed by atoms with Crippen LogP contribution >= 0.6 is 0 Å². The van der Waals surface area contributed by atoms with Crippen molar-refractivity contribution in [1.82, 2.24) is 4.98 Å². The van der Waals surface area contributed by atoms with Crippen LogP contribution in [0.3, 0.4) is 0 Å². The van der Waals surface area contributed by atoms with Crippen LogP contribution in [0, 0.1) is 0 Å². The van der Waals surface area contributed by atoms with E-state index in [2.05, 4.69) is 4.98 Å². The fourth-order valence-corrected chi connectivity index (χ4v) is 2.64. The van der Waals surface area contributed by atoms with Gasteiger partial charge in [-0.15, -0.1) is 0 Å². The fraction of sp³-hybridized carbons (Fsp3) is 0.235. The number of aromatic nitrogens is 1. The maximum absolute atomic E-state index is 12.5. The Kier molecular flexibility index (Phi) is 4.34. The minimum Gasteiger partial charge on any atom is -0.497 e. The highest BCUT2D eigenvalue weighted by molar-refractivity contribution is 6.21. The molecule has 1 unspecified atom stereocenters. The zero-order chi connectivity index (χ0) is 16.2. The van der Waals surface area contributed by atoms with Crippen molar-refractivity contribution in [3.63, 3.8) is 0 Å². The molecule has 1 saturated heterocycles. The van der Waals surface area contributed by atoms with Gasteiger partial charge in [0, 0.05) is 18.0 Å². The first-order valence-corrected chi connectivity index (χ1v) is 7.42. The molecule has 0 aliphatic carbocycles. The van der Waals surface area contributed by atoms with E-state index < -0.39 is 0 Å². The molecule has 1 aromatic heterocycles. The SMILES string of the molecule is COc1ccc(N2C(=O)CC([NH2+]Cc3cccnc3)C2=O)cc1. The molecule has 1 aromatic carbocycles. The van der Waals surface area contributed by atoms with Gasteiger partial charge in [-0.2, -0.15) is 0 Å². The Morgan fingerprint density at radius 3 is 2.70 bits per heavy atom. The monoisotopic (exact) mass is 312 g/mol. The van der Waals surface area contributed by atoms with E-state index in [0.29, 0.717) is 18.0 Å². The predicted octanol–water partition coefficient (Wildman–Crippen LogP) is 0.486. The van der Waals surface area contributed by atoms with Gasteiger partial charge in [0.25, 0.3) is 5.91 Å². The lowest BCUT2D eigenvalue weighted by Gasteiger charge is -2.14. The number of carbonyl (C=O) groups excluding carboxylic acids is 2. The van der Waals surface area contributed by atoms with Gasteiger partial charge in [-0.1, -0.05) is 6.07 Å². The number of imide groups is 1. The van der Waals surface area contributed by atoms with Crippen LogP contribution in [0.1, 0.15) is 12.0 Å². The number of nitrogens with two attached hydrogens (primary N) is 1. The molecule has 6 heteroatoms. The van der Waals surface area contributed by atoms with E-state index in [4.69, 9.17) is 4.74 Å². The second-order valence-corrected chi connectivity index (χ2v) is 5.38. The second-order valence-electron chi connectivity index (χ2n) is 5.38. The van der Waals surface area contributed by atoms with Gasteiger partial charge in [0.1, 0.15) is 12.3 Å². The molecule has 3 rings (SSSR count). The van der Waals surface area contributed by atoms with Crippen LogP contribution in [0.5, 0.6) is 5.75 Å². The lowest BCUT2D eigenvalue weighted by atomic mass is 10.2. The molecule has 23 heavy (non-hydrogen) atoms. The molecule has 2 N–H and O–H groups in total. The molecule has 1 aliphatic rings. The molecule has 1 aliphatic heterocycles. The first-order valence-electron chi connectivity index (χ1n) is 7.42. The minimum absolute atomic E-state index is 0.174. The molecular formula is C17H18N3O3+. The molecule has 0 spiro atoms. The summed E-state index contributed by atoms with van der Waals surface area (Å²) < 4.78 is 5.09. The number of benzene rings is 1. The van der Waals surface area contributed by atoms with Crippen LogP contribution in [0.15, 0.2) is 48.8 Å². The van der Waals surface area contributed by atoms with Crippen molar-refractivity contribution in [3.8, 4) is 5.75 Å². The number of methoxy groups -OCH3 is 1. The minimum atomic E-state index is -0.384. The Balaban J connectivity index is 1.69. The number of hydrogen-bond donors (Lipinski definition) is 1. The zero-order valence-electron chi connectivity index (χ0n) is 12.8. The van der Waals surface area contributed by atoms with Gasteiger partial charge in [0.05, 0.1) is 19.2 Å². The van der Waals surface area contributed by atoms with Crippen molar-refractivity contribution in [2.75, 3.05) is 12.0 Å². The van der Waals surface area contributed by atoms with Crippen molar-refractivity contribution in [2.24, 2.45) is 0 Å². The van der Waals surface area contributed by atoms with E-state index in [1.165, 1.54) is 4.90 Å². The Morgan fingerprint density at radius 1 is 1.26 bits per heavy atom. The summed E-state index contributed by atoms with van der Waals surface area (Å²) in [6.07, 6.45) is 3.68. The highest BCUT2D eigenvalue weighted by atomic mass is 16.5. The number of anilines is 1. The Labute approximate surface area is 134 Å². The number of nitrogens with zero attached hydrogens (tertiary/aromatic N) is 2. The lowest BCUT2D eigenvalue weighted by Crippen LogP contribution is -2.90. The Bertz CT molecular complexity index is 701. The normalized spacial score (nSPS) is 17.6. The molecule has 0 saturated carbocycles. The number of amides is 2. The van der Waals surface area contributed by atoms with Crippen LogP contribution in [-0.2, 0) is 16.1 Å². The Morgan fingerprint density at radius 2 is 2.04 bits per heavy atom. The summed E-state index contributed by atoms with van der Waals surface area (Å²) in [7, 11) is 1.57. The van der Waals surface area contributed by atoms with E-state index in [-0.39, 0.29) is 24.3 Å². The number of hydrogen-bond acceptors (Lipinski definition) is 4. The van der Waals surface area contributed by atoms with Gasteiger partial charge in [-0.3, -0.25) is 14.6 Å². The van der Waals surface area contributed by atoms with Gasteiger partial charge in [0.15, 0.2) is 6.04 Å². The third-order valence-electron chi connectivity index (χ3n) is 3.87. The van der Waals surface area contributed by atoms with Gasteiger partial charge in [0.2, 0.25) is 5.91 Å². The first kappa shape index (κ1) is 15.2. The van der Waals surface area contributed by atoms with Gasteiger partial charge >= 0.3 is 0 Å². The smallest absolute Gasteiger partial charge is 0.292 e. The van der Waals surface area contributed by atoms with E-state index in [0.717, 1.165) is 5.56 Å². The molecule has 0 bridgehead atoms. The second kappa shape index (κ2) is 6.58. The van der Waals surface area contributed by atoms with Gasteiger partial charge in [-0.25, -0.2) is 4.90 Å². The summed E-state index contributed by atoms with van der Waals surface area (Å²) in [5.41, 5.74) is 1.61. The van der Waals surface area contributed by atoms with Crippen LogP contribution in [0.2, 0.25) is 0 Å². The molecule has 118 valence electrons. The molecule has 1 atom stereocenters. The summed E-state index contributed by atoms with van der Waals surface area (Å²) in [6, 6.07) is 10.3. The number of ether oxygens (including phenoxy) is 1. The molecule has 1 fully saturated rings. The van der Waals surface area contributed by atoms with Crippen LogP contribution in [0.4, 0.5) is 5.69 Å². The molecule has 6 nitrogen and oxygen atoms in total. The third kappa shape index (κ3) is 3.22. The van der Waals surface area contributed by atoms with E-state index >= 15 is 0 Å². The van der Waals surface area contributed by atoms with E-state index in [9.17, 15) is 9.59 Å². The topological polar surface area (TPSA) is 76.1 Å². The van der Waals surface area contributed by atoms with Gasteiger partial charge < -0.3 is 10.1 Å². The standard InChI is InChI=1S/C17H17N3O3/c1-23-14-6-4-13(5-7-14)20-16(21)9-15(17(20)22)19-11-12-3-2-8-18-10-12/h2-8,10,15,19H,9,11H2,1H3/p+1. The van der Waals surface area contributed by atoms with E-state index in [1.807, 2.05) is 17.4 Å². The molecule has 0 radical (unpaired) electrons. The molecule has 2 heterocycles. The van der Waals surface area contributed by atoms with Crippen molar-refractivity contribution >= 4 is 17.5 Å². The lowest BCUT2D eigenvalue weighted by molar-refractivity contribution is -0.690. The van der Waals surface area contributed by atoms with Crippen LogP contribution < -0.4 is 15.0 Å². The predicted molar refractivity (Wildman–Crippen MR) is 83.8 cm³/mol. The highest BCUT2D eigenvalue weighted by Crippen LogP contribution is 2.24. The van der Waals surface area contributed by atoms with Gasteiger partial charge in [-0.05, 0) is 30.3 Å². The quantitative estimate of drug-likeness (QED) is 0.815. The molecular weight excluding hydrogens is 294 g/mol. The van der Waals surface area contributed by atoms with Crippen molar-refractivity contribution in [1.29, 1.82) is 0 Å². The zero-order valence-corrected chi connectivity index (χ0v) is 12.8. The summed E-state index contributed by atoms with van der Waals surface area (Å²) >= 11 is 0. The van der Waals surface area contributed by atoms with Crippen molar-refractivity contribution in [2.45, 2.75) is 19.0 Å². The Hall–Kier alpha value is -2.73. The summed E-state index contributed by atoms with van der Waals surface area (Å²) in [5.74, 6) is 0.337. The number of quaternary nitrogens is 1.